The fourth-order valence-electron chi connectivity index (χ4n) is 4.10. The largest absolute Gasteiger partial charge is 0.0622 e. The van der Waals surface area contributed by atoms with Gasteiger partial charge < -0.3 is 0 Å². The minimum absolute atomic E-state index is 0.946. The average molecular weight is 411 g/mol. The smallest absolute Gasteiger partial charge is 0.00258 e. The highest BCUT2D eigenvalue weighted by Crippen LogP contribution is 2.26. The topological polar surface area (TPSA) is 0 Å². The lowest BCUT2D eigenvalue weighted by Crippen LogP contribution is -1.89. The van der Waals surface area contributed by atoms with Gasteiger partial charge in [0.05, 0.1) is 0 Å². The van der Waals surface area contributed by atoms with Gasteiger partial charge in [-0.1, -0.05) is 133 Å². The van der Waals surface area contributed by atoms with Crippen LogP contribution in [0.25, 0.3) is 33.4 Å². The summed E-state index contributed by atoms with van der Waals surface area (Å²) in [6.07, 6.45) is 0.946. The van der Waals surface area contributed by atoms with Gasteiger partial charge in [0.1, 0.15) is 0 Å². The van der Waals surface area contributed by atoms with E-state index in [0.29, 0.717) is 0 Å². The standard InChI is InChI=1S/C32H26/c1-24-7-13-28(14-8-24)31-19-21-32(22-20-31)30-17-11-26(12-18-30)23-25-9-15-29(16-10-25)27-5-3-2-4-6-27/h2-22H,23H2,1H3. The molecule has 5 aromatic carbocycles. The van der Waals surface area contributed by atoms with Crippen molar-refractivity contribution < 1.29 is 0 Å². The van der Waals surface area contributed by atoms with E-state index < -0.39 is 0 Å². The van der Waals surface area contributed by atoms with Crippen molar-refractivity contribution in [1.82, 2.24) is 0 Å². The number of rotatable bonds is 5. The normalized spacial score (nSPS) is 10.8. The zero-order valence-electron chi connectivity index (χ0n) is 18.3. The van der Waals surface area contributed by atoms with Crippen LogP contribution in [0, 0.1) is 6.92 Å². The lowest BCUT2D eigenvalue weighted by Gasteiger charge is -2.08. The van der Waals surface area contributed by atoms with Crippen molar-refractivity contribution >= 4 is 0 Å². The predicted molar refractivity (Wildman–Crippen MR) is 137 cm³/mol. The second-order valence-electron chi connectivity index (χ2n) is 8.38. The minimum Gasteiger partial charge on any atom is -0.0622 e. The Kier molecular flexibility index (Phi) is 5.68. The summed E-state index contributed by atoms with van der Waals surface area (Å²) in [6, 6.07) is 45.9. The van der Waals surface area contributed by atoms with Crippen LogP contribution >= 0.6 is 0 Å². The summed E-state index contributed by atoms with van der Waals surface area (Å²) in [5.41, 5.74) is 11.5. The lowest BCUT2D eigenvalue weighted by atomic mass is 9.97. The quantitative estimate of drug-likeness (QED) is 0.272. The molecule has 0 heterocycles. The molecule has 0 aliphatic rings. The fraction of sp³-hybridized carbons (Fsp3) is 0.0625. The molecule has 0 atom stereocenters. The van der Waals surface area contributed by atoms with Gasteiger partial charge in [0, 0.05) is 0 Å². The third kappa shape index (κ3) is 4.55. The van der Waals surface area contributed by atoms with Gasteiger partial charge in [0.25, 0.3) is 0 Å². The van der Waals surface area contributed by atoms with Gasteiger partial charge >= 0.3 is 0 Å². The summed E-state index contributed by atoms with van der Waals surface area (Å²) < 4.78 is 0. The summed E-state index contributed by atoms with van der Waals surface area (Å²) in [5, 5.41) is 0. The van der Waals surface area contributed by atoms with Crippen LogP contribution in [0.2, 0.25) is 0 Å². The first-order valence-electron chi connectivity index (χ1n) is 11.2. The van der Waals surface area contributed by atoms with Crippen LogP contribution in [-0.4, -0.2) is 0 Å². The van der Waals surface area contributed by atoms with Crippen LogP contribution in [0.15, 0.2) is 127 Å². The van der Waals surface area contributed by atoms with Gasteiger partial charge in [0.2, 0.25) is 0 Å². The highest BCUT2D eigenvalue weighted by Gasteiger charge is 2.03. The van der Waals surface area contributed by atoms with Gasteiger partial charge in [-0.3, -0.25) is 0 Å². The Labute approximate surface area is 190 Å². The van der Waals surface area contributed by atoms with Crippen molar-refractivity contribution in [2.75, 3.05) is 0 Å². The fourth-order valence-corrected chi connectivity index (χ4v) is 4.10. The summed E-state index contributed by atoms with van der Waals surface area (Å²) in [7, 11) is 0. The summed E-state index contributed by atoms with van der Waals surface area (Å²) in [6.45, 7) is 2.12. The number of hydrogen-bond donors (Lipinski definition) is 0. The molecule has 0 N–H and O–H groups in total. The Bertz CT molecular complexity index is 1280. The van der Waals surface area contributed by atoms with E-state index >= 15 is 0 Å². The maximum absolute atomic E-state index is 2.24. The van der Waals surface area contributed by atoms with Gasteiger partial charge in [-0.2, -0.15) is 0 Å². The Morgan fingerprint density at radius 3 is 1.06 bits per heavy atom. The second kappa shape index (κ2) is 9.08. The number of aryl methyl sites for hydroxylation is 1. The molecule has 5 aromatic rings. The first-order valence-corrected chi connectivity index (χ1v) is 11.2. The first kappa shape index (κ1) is 20.0. The molecule has 0 heteroatoms. The molecule has 0 nitrogen and oxygen atoms in total. The van der Waals surface area contributed by atoms with Crippen LogP contribution in [0.5, 0.6) is 0 Å². The van der Waals surface area contributed by atoms with Crippen molar-refractivity contribution in [3.05, 3.63) is 144 Å². The van der Waals surface area contributed by atoms with Crippen LogP contribution in [0.1, 0.15) is 16.7 Å². The average Bonchev–Trinajstić information content (AvgIpc) is 2.86. The van der Waals surface area contributed by atoms with E-state index in [-0.39, 0.29) is 0 Å². The maximum atomic E-state index is 2.24. The maximum Gasteiger partial charge on any atom is -0.00258 e. The van der Waals surface area contributed by atoms with E-state index in [1.807, 2.05) is 0 Å². The van der Waals surface area contributed by atoms with Gasteiger partial charge in [-0.05, 0) is 57.9 Å². The van der Waals surface area contributed by atoms with E-state index in [0.717, 1.165) is 6.42 Å². The Balaban J connectivity index is 1.27. The molecule has 0 aromatic heterocycles. The molecule has 0 saturated heterocycles. The predicted octanol–water partition coefficient (Wildman–Crippen LogP) is 8.59. The van der Waals surface area contributed by atoms with Crippen molar-refractivity contribution in [2.24, 2.45) is 0 Å². The molecular weight excluding hydrogens is 384 g/mol. The second-order valence-corrected chi connectivity index (χ2v) is 8.38. The lowest BCUT2D eigenvalue weighted by molar-refractivity contribution is 1.19. The first-order chi connectivity index (χ1) is 15.7. The van der Waals surface area contributed by atoms with Crippen LogP contribution < -0.4 is 0 Å². The van der Waals surface area contributed by atoms with E-state index in [9.17, 15) is 0 Å². The molecule has 0 aliphatic heterocycles. The molecule has 0 amide bonds. The van der Waals surface area contributed by atoms with E-state index in [1.54, 1.807) is 0 Å². The Hall–Kier alpha value is -3.90. The number of benzene rings is 5. The SMILES string of the molecule is Cc1ccc(-c2ccc(-c3ccc(Cc4ccc(-c5ccccc5)cc4)cc3)cc2)cc1. The van der Waals surface area contributed by atoms with Gasteiger partial charge in [0.15, 0.2) is 0 Å². The van der Waals surface area contributed by atoms with E-state index in [4.69, 9.17) is 0 Å². The molecule has 0 spiro atoms. The number of hydrogen-bond acceptors (Lipinski definition) is 0. The third-order valence-electron chi connectivity index (χ3n) is 6.03. The minimum atomic E-state index is 0.946. The molecule has 0 unspecified atom stereocenters. The molecule has 0 aliphatic carbocycles. The van der Waals surface area contributed by atoms with Crippen molar-refractivity contribution in [1.29, 1.82) is 0 Å². The van der Waals surface area contributed by atoms with Gasteiger partial charge in [-0.25, -0.2) is 0 Å². The third-order valence-corrected chi connectivity index (χ3v) is 6.03. The highest BCUT2D eigenvalue weighted by molar-refractivity contribution is 5.70. The van der Waals surface area contributed by atoms with Crippen LogP contribution in [-0.2, 0) is 6.42 Å². The van der Waals surface area contributed by atoms with E-state index in [2.05, 4.69) is 134 Å². The molecule has 5 rings (SSSR count). The van der Waals surface area contributed by atoms with Crippen molar-refractivity contribution in [2.45, 2.75) is 13.3 Å². The Morgan fingerprint density at radius 2 is 0.656 bits per heavy atom. The molecule has 0 saturated carbocycles. The Morgan fingerprint density at radius 1 is 0.344 bits per heavy atom. The monoisotopic (exact) mass is 410 g/mol. The molecule has 32 heavy (non-hydrogen) atoms. The van der Waals surface area contributed by atoms with Crippen molar-refractivity contribution in [3.63, 3.8) is 0 Å². The van der Waals surface area contributed by atoms with E-state index in [1.165, 1.54) is 50.1 Å². The van der Waals surface area contributed by atoms with Crippen LogP contribution in [0.4, 0.5) is 0 Å². The zero-order valence-corrected chi connectivity index (χ0v) is 18.3. The van der Waals surface area contributed by atoms with Crippen LogP contribution in [0.3, 0.4) is 0 Å². The molecule has 0 fully saturated rings. The molecule has 154 valence electrons. The van der Waals surface area contributed by atoms with Gasteiger partial charge in [-0.15, -0.1) is 0 Å². The summed E-state index contributed by atoms with van der Waals surface area (Å²) >= 11 is 0. The molecule has 0 bridgehead atoms. The van der Waals surface area contributed by atoms with Crippen molar-refractivity contribution in [3.8, 4) is 33.4 Å². The molecule has 0 radical (unpaired) electrons. The summed E-state index contributed by atoms with van der Waals surface area (Å²) in [5.74, 6) is 0. The molecular formula is C32H26. The summed E-state index contributed by atoms with van der Waals surface area (Å²) in [4.78, 5) is 0. The highest BCUT2D eigenvalue weighted by atomic mass is 14.1. The zero-order chi connectivity index (χ0) is 21.8.